The standard InChI is InChI=1S/C24H31ClN2O3/c1-5-21(24(29)26-14-17(2)3)27(15-19-10-12-20(25)13-11-19)23(28)16-30-22-9-7-6-8-18(22)4/h6-13,17,21H,5,14-16H2,1-4H3,(H,26,29)/t21-/m0/s1. The summed E-state index contributed by atoms with van der Waals surface area (Å²) >= 11 is 5.99. The number of para-hydroxylation sites is 1. The molecule has 0 fully saturated rings. The molecule has 162 valence electrons. The Balaban J connectivity index is 2.19. The minimum Gasteiger partial charge on any atom is -0.484 e. The zero-order valence-electron chi connectivity index (χ0n) is 18.2. The average Bonchev–Trinajstić information content (AvgIpc) is 2.72. The molecule has 0 aromatic heterocycles. The maximum atomic E-state index is 13.1. The van der Waals surface area contributed by atoms with Crippen LogP contribution < -0.4 is 10.1 Å². The Kier molecular flexibility index (Phi) is 9.18. The van der Waals surface area contributed by atoms with E-state index < -0.39 is 6.04 Å². The number of benzene rings is 2. The van der Waals surface area contributed by atoms with Crippen LogP contribution >= 0.6 is 11.6 Å². The average molecular weight is 431 g/mol. The summed E-state index contributed by atoms with van der Waals surface area (Å²) in [4.78, 5) is 27.6. The summed E-state index contributed by atoms with van der Waals surface area (Å²) in [6.45, 7) is 8.65. The number of aryl methyl sites for hydroxylation is 1. The van der Waals surface area contributed by atoms with Crippen molar-refractivity contribution in [2.75, 3.05) is 13.2 Å². The highest BCUT2D eigenvalue weighted by atomic mass is 35.5. The number of ether oxygens (including phenoxy) is 1. The van der Waals surface area contributed by atoms with E-state index >= 15 is 0 Å². The Morgan fingerprint density at radius 2 is 1.77 bits per heavy atom. The van der Waals surface area contributed by atoms with Gasteiger partial charge in [-0.3, -0.25) is 9.59 Å². The van der Waals surface area contributed by atoms with Crippen molar-refractivity contribution in [3.63, 3.8) is 0 Å². The Morgan fingerprint density at radius 3 is 2.37 bits per heavy atom. The van der Waals surface area contributed by atoms with Crippen LogP contribution in [0.5, 0.6) is 5.75 Å². The van der Waals surface area contributed by atoms with Crippen molar-refractivity contribution >= 4 is 23.4 Å². The van der Waals surface area contributed by atoms with Crippen LogP contribution in [0, 0.1) is 12.8 Å². The molecule has 2 rings (SSSR count). The van der Waals surface area contributed by atoms with Gasteiger partial charge in [0.15, 0.2) is 6.61 Å². The minimum absolute atomic E-state index is 0.133. The molecule has 0 radical (unpaired) electrons. The van der Waals surface area contributed by atoms with Crippen LogP contribution in [0.1, 0.15) is 38.3 Å². The lowest BCUT2D eigenvalue weighted by molar-refractivity contribution is -0.143. The molecule has 0 saturated heterocycles. The monoisotopic (exact) mass is 430 g/mol. The van der Waals surface area contributed by atoms with Crippen LogP contribution in [0.25, 0.3) is 0 Å². The molecule has 2 aromatic rings. The number of halogens is 1. The largest absolute Gasteiger partial charge is 0.484 e. The number of hydrogen-bond acceptors (Lipinski definition) is 3. The molecule has 0 unspecified atom stereocenters. The second kappa shape index (κ2) is 11.6. The first kappa shape index (κ1) is 23.7. The van der Waals surface area contributed by atoms with Gasteiger partial charge in [-0.15, -0.1) is 0 Å². The van der Waals surface area contributed by atoms with E-state index in [9.17, 15) is 9.59 Å². The highest BCUT2D eigenvalue weighted by molar-refractivity contribution is 6.30. The molecule has 0 aliphatic heterocycles. The van der Waals surface area contributed by atoms with Crippen molar-refractivity contribution in [3.05, 3.63) is 64.7 Å². The lowest BCUT2D eigenvalue weighted by Gasteiger charge is -2.31. The van der Waals surface area contributed by atoms with E-state index in [1.807, 2.05) is 64.1 Å². The van der Waals surface area contributed by atoms with E-state index in [1.54, 1.807) is 17.0 Å². The molecule has 30 heavy (non-hydrogen) atoms. The maximum Gasteiger partial charge on any atom is 0.261 e. The second-order valence-corrected chi connectivity index (χ2v) is 8.20. The van der Waals surface area contributed by atoms with Gasteiger partial charge < -0.3 is 15.0 Å². The molecule has 0 aliphatic carbocycles. The lowest BCUT2D eigenvalue weighted by Crippen LogP contribution is -2.50. The molecule has 6 heteroatoms. The molecular formula is C24H31ClN2O3. The highest BCUT2D eigenvalue weighted by Gasteiger charge is 2.29. The van der Waals surface area contributed by atoms with E-state index in [4.69, 9.17) is 16.3 Å². The zero-order valence-corrected chi connectivity index (χ0v) is 18.9. The van der Waals surface area contributed by atoms with Crippen LogP contribution in [0.3, 0.4) is 0 Å². The third-order valence-electron chi connectivity index (χ3n) is 4.78. The summed E-state index contributed by atoms with van der Waals surface area (Å²) in [5.41, 5.74) is 1.86. The van der Waals surface area contributed by atoms with Gasteiger partial charge in [-0.25, -0.2) is 0 Å². The van der Waals surface area contributed by atoms with E-state index in [0.717, 1.165) is 11.1 Å². The number of carbonyl (C=O) groups is 2. The van der Waals surface area contributed by atoms with Gasteiger partial charge in [-0.1, -0.05) is 62.7 Å². The van der Waals surface area contributed by atoms with Crippen LogP contribution in [0.4, 0.5) is 0 Å². The maximum absolute atomic E-state index is 13.1. The van der Waals surface area contributed by atoms with Gasteiger partial charge in [0.25, 0.3) is 5.91 Å². The fourth-order valence-corrected chi connectivity index (χ4v) is 3.20. The molecule has 0 spiro atoms. The van der Waals surface area contributed by atoms with E-state index in [0.29, 0.717) is 36.2 Å². The van der Waals surface area contributed by atoms with Crippen molar-refractivity contribution in [1.29, 1.82) is 0 Å². The summed E-state index contributed by atoms with van der Waals surface area (Å²) < 4.78 is 5.76. The summed E-state index contributed by atoms with van der Waals surface area (Å²) in [7, 11) is 0. The fourth-order valence-electron chi connectivity index (χ4n) is 3.07. The third kappa shape index (κ3) is 7.06. The predicted molar refractivity (Wildman–Crippen MR) is 121 cm³/mol. The highest BCUT2D eigenvalue weighted by Crippen LogP contribution is 2.18. The summed E-state index contributed by atoms with van der Waals surface area (Å²) in [6, 6.07) is 14.3. The normalized spacial score (nSPS) is 11.8. The molecule has 1 atom stereocenters. The lowest BCUT2D eigenvalue weighted by atomic mass is 10.1. The van der Waals surface area contributed by atoms with Gasteiger partial charge in [0.1, 0.15) is 11.8 Å². The Labute approximate surface area is 184 Å². The van der Waals surface area contributed by atoms with Crippen molar-refractivity contribution in [3.8, 4) is 5.75 Å². The molecular weight excluding hydrogens is 400 g/mol. The van der Waals surface area contributed by atoms with E-state index in [1.165, 1.54) is 0 Å². The minimum atomic E-state index is -0.576. The molecule has 0 saturated carbocycles. The first-order chi connectivity index (χ1) is 14.3. The predicted octanol–water partition coefficient (Wildman–Crippen LogP) is 4.61. The Bertz CT molecular complexity index is 837. The van der Waals surface area contributed by atoms with Gasteiger partial charge in [0, 0.05) is 18.1 Å². The summed E-state index contributed by atoms with van der Waals surface area (Å²) in [5.74, 6) is 0.606. The van der Waals surface area contributed by atoms with Gasteiger partial charge in [0.2, 0.25) is 5.91 Å². The number of nitrogens with one attached hydrogen (secondary N) is 1. The Hall–Kier alpha value is -2.53. The third-order valence-corrected chi connectivity index (χ3v) is 5.03. The van der Waals surface area contributed by atoms with E-state index in [2.05, 4.69) is 5.32 Å². The number of nitrogens with zero attached hydrogens (tertiary/aromatic N) is 1. The van der Waals surface area contributed by atoms with Gasteiger partial charge in [-0.05, 0) is 48.6 Å². The second-order valence-electron chi connectivity index (χ2n) is 7.77. The van der Waals surface area contributed by atoms with Crippen LogP contribution in [0.15, 0.2) is 48.5 Å². The van der Waals surface area contributed by atoms with Gasteiger partial charge in [0.05, 0.1) is 0 Å². The van der Waals surface area contributed by atoms with Crippen molar-refractivity contribution in [1.82, 2.24) is 10.2 Å². The van der Waals surface area contributed by atoms with Gasteiger partial charge >= 0.3 is 0 Å². The van der Waals surface area contributed by atoms with E-state index in [-0.39, 0.29) is 18.4 Å². The molecule has 0 heterocycles. The van der Waals surface area contributed by atoms with Crippen molar-refractivity contribution in [2.45, 2.75) is 46.7 Å². The summed E-state index contributed by atoms with van der Waals surface area (Å²) in [5, 5.41) is 3.58. The number of hydrogen-bond donors (Lipinski definition) is 1. The van der Waals surface area contributed by atoms with Crippen molar-refractivity contribution in [2.24, 2.45) is 5.92 Å². The zero-order chi connectivity index (χ0) is 22.1. The van der Waals surface area contributed by atoms with Crippen LogP contribution in [-0.2, 0) is 16.1 Å². The summed E-state index contributed by atoms with van der Waals surface area (Å²) in [6.07, 6.45) is 0.508. The smallest absolute Gasteiger partial charge is 0.261 e. The number of rotatable bonds is 10. The molecule has 0 bridgehead atoms. The van der Waals surface area contributed by atoms with Crippen molar-refractivity contribution < 1.29 is 14.3 Å². The molecule has 2 aromatic carbocycles. The molecule has 1 N–H and O–H groups in total. The molecule has 0 aliphatic rings. The molecule has 2 amide bonds. The number of amides is 2. The fraction of sp³-hybridized carbons (Fsp3) is 0.417. The number of carbonyl (C=O) groups excluding carboxylic acids is 2. The topological polar surface area (TPSA) is 58.6 Å². The quantitative estimate of drug-likeness (QED) is 0.598. The first-order valence-corrected chi connectivity index (χ1v) is 10.7. The van der Waals surface area contributed by atoms with Crippen LogP contribution in [0.2, 0.25) is 5.02 Å². The first-order valence-electron chi connectivity index (χ1n) is 10.3. The van der Waals surface area contributed by atoms with Gasteiger partial charge in [-0.2, -0.15) is 0 Å². The SMILES string of the molecule is CC[C@@H](C(=O)NCC(C)C)N(Cc1ccc(Cl)cc1)C(=O)COc1ccccc1C. The Morgan fingerprint density at radius 1 is 1.10 bits per heavy atom. The van der Waals surface area contributed by atoms with Crippen LogP contribution in [-0.4, -0.2) is 35.9 Å². The molecule has 5 nitrogen and oxygen atoms in total.